The molecule has 0 atom stereocenters. The van der Waals surface area contributed by atoms with Gasteiger partial charge in [0, 0.05) is 18.2 Å². The summed E-state index contributed by atoms with van der Waals surface area (Å²) in [5, 5.41) is 9.40. The molecule has 0 radical (unpaired) electrons. The van der Waals surface area contributed by atoms with Crippen LogP contribution in [0.4, 0.5) is 0 Å². The minimum absolute atomic E-state index is 0.0570. The van der Waals surface area contributed by atoms with Gasteiger partial charge in [0.1, 0.15) is 15.7 Å². The van der Waals surface area contributed by atoms with E-state index in [4.69, 9.17) is 0 Å². The Morgan fingerprint density at radius 2 is 2.00 bits per heavy atom. The first-order valence-electron chi connectivity index (χ1n) is 6.35. The maximum absolute atomic E-state index is 11.5. The summed E-state index contributed by atoms with van der Waals surface area (Å²) in [4.78, 5) is 15.8. The lowest BCUT2D eigenvalue weighted by atomic mass is 10.2. The molecular formula is C13H16N4O3S. The number of amides is 1. The first-order chi connectivity index (χ1) is 9.94. The topological polar surface area (TPSA) is 105 Å². The minimum Gasteiger partial charge on any atom is -0.349 e. The van der Waals surface area contributed by atoms with E-state index in [0.29, 0.717) is 11.6 Å². The van der Waals surface area contributed by atoms with Crippen molar-refractivity contribution in [2.45, 2.75) is 13.0 Å². The van der Waals surface area contributed by atoms with Gasteiger partial charge in [-0.25, -0.2) is 13.4 Å². The fourth-order valence-corrected chi connectivity index (χ4v) is 2.20. The number of carbonyl (C=O) groups is 1. The van der Waals surface area contributed by atoms with Gasteiger partial charge in [-0.3, -0.25) is 9.89 Å². The summed E-state index contributed by atoms with van der Waals surface area (Å²) in [6.45, 7) is 0.183. The number of sulfone groups is 1. The molecular weight excluding hydrogens is 292 g/mol. The molecule has 1 aromatic heterocycles. The van der Waals surface area contributed by atoms with Crippen LogP contribution >= 0.6 is 0 Å². The van der Waals surface area contributed by atoms with Crippen molar-refractivity contribution in [3.05, 3.63) is 36.2 Å². The molecule has 0 aliphatic carbocycles. The van der Waals surface area contributed by atoms with Crippen molar-refractivity contribution < 1.29 is 13.2 Å². The highest BCUT2D eigenvalue weighted by Gasteiger charge is 2.09. The normalized spacial score (nSPS) is 11.3. The SMILES string of the molecule is CS(=O)(=O)CCC(=O)NCc1nc(-c2ccccc2)n[nH]1. The number of nitrogens with zero attached hydrogens (tertiary/aromatic N) is 2. The van der Waals surface area contributed by atoms with Gasteiger partial charge in [0.05, 0.1) is 12.3 Å². The van der Waals surface area contributed by atoms with Gasteiger partial charge < -0.3 is 5.32 Å². The fourth-order valence-electron chi connectivity index (χ4n) is 1.64. The molecule has 1 heterocycles. The highest BCUT2D eigenvalue weighted by Crippen LogP contribution is 2.12. The predicted octanol–water partition coefficient (Wildman–Crippen LogP) is 0.523. The van der Waals surface area contributed by atoms with Gasteiger partial charge in [-0.2, -0.15) is 5.10 Å². The molecule has 0 saturated heterocycles. The lowest BCUT2D eigenvalue weighted by Crippen LogP contribution is -2.25. The molecule has 112 valence electrons. The molecule has 0 saturated carbocycles. The van der Waals surface area contributed by atoms with Gasteiger partial charge in [-0.05, 0) is 0 Å². The molecule has 1 aromatic carbocycles. The Hall–Kier alpha value is -2.22. The van der Waals surface area contributed by atoms with E-state index in [1.165, 1.54) is 0 Å². The van der Waals surface area contributed by atoms with Crippen molar-refractivity contribution in [3.8, 4) is 11.4 Å². The smallest absolute Gasteiger partial charge is 0.221 e. The lowest BCUT2D eigenvalue weighted by Gasteiger charge is -2.01. The third-order valence-electron chi connectivity index (χ3n) is 2.72. The Balaban J connectivity index is 1.87. The molecule has 7 nitrogen and oxygen atoms in total. The maximum Gasteiger partial charge on any atom is 0.221 e. The highest BCUT2D eigenvalue weighted by molar-refractivity contribution is 7.90. The molecule has 2 aromatic rings. The van der Waals surface area contributed by atoms with Crippen LogP contribution < -0.4 is 5.32 Å². The largest absolute Gasteiger partial charge is 0.349 e. The lowest BCUT2D eigenvalue weighted by molar-refractivity contribution is -0.120. The second-order valence-corrected chi connectivity index (χ2v) is 6.89. The third kappa shape index (κ3) is 4.99. The van der Waals surface area contributed by atoms with E-state index in [-0.39, 0.29) is 24.6 Å². The van der Waals surface area contributed by atoms with Crippen molar-refractivity contribution >= 4 is 15.7 Å². The van der Waals surface area contributed by atoms with E-state index < -0.39 is 9.84 Å². The van der Waals surface area contributed by atoms with Crippen LogP contribution in [-0.2, 0) is 21.2 Å². The van der Waals surface area contributed by atoms with Crippen molar-refractivity contribution in [2.75, 3.05) is 12.0 Å². The molecule has 2 rings (SSSR count). The van der Waals surface area contributed by atoms with Gasteiger partial charge in [-0.15, -0.1) is 0 Å². The van der Waals surface area contributed by atoms with Crippen LogP contribution in [0.5, 0.6) is 0 Å². The monoisotopic (exact) mass is 308 g/mol. The summed E-state index contributed by atoms with van der Waals surface area (Å²) < 4.78 is 21.9. The van der Waals surface area contributed by atoms with Crippen molar-refractivity contribution in [3.63, 3.8) is 0 Å². The zero-order valence-corrected chi connectivity index (χ0v) is 12.4. The van der Waals surface area contributed by atoms with Gasteiger partial charge in [0.15, 0.2) is 5.82 Å². The van der Waals surface area contributed by atoms with E-state index in [9.17, 15) is 13.2 Å². The Bertz CT molecular complexity index is 710. The molecule has 0 bridgehead atoms. The summed E-state index contributed by atoms with van der Waals surface area (Å²) in [5.74, 6) is 0.570. The van der Waals surface area contributed by atoms with Crippen LogP contribution in [0.1, 0.15) is 12.2 Å². The van der Waals surface area contributed by atoms with Crippen molar-refractivity contribution in [2.24, 2.45) is 0 Å². The van der Waals surface area contributed by atoms with Crippen molar-refractivity contribution in [1.29, 1.82) is 0 Å². The summed E-state index contributed by atoms with van der Waals surface area (Å²) >= 11 is 0. The summed E-state index contributed by atoms with van der Waals surface area (Å²) in [6.07, 6.45) is 1.04. The van der Waals surface area contributed by atoms with Gasteiger partial charge in [-0.1, -0.05) is 30.3 Å². The molecule has 0 aliphatic heterocycles. The third-order valence-corrected chi connectivity index (χ3v) is 3.66. The number of rotatable bonds is 6. The minimum atomic E-state index is -3.13. The number of hydrogen-bond donors (Lipinski definition) is 2. The van der Waals surface area contributed by atoms with Gasteiger partial charge in [0.25, 0.3) is 0 Å². The first kappa shape index (κ1) is 15.2. The van der Waals surface area contributed by atoms with Crippen LogP contribution in [0, 0.1) is 0 Å². The van der Waals surface area contributed by atoms with Crippen molar-refractivity contribution in [1.82, 2.24) is 20.5 Å². The zero-order chi connectivity index (χ0) is 15.3. The number of benzene rings is 1. The summed E-state index contributed by atoms with van der Waals surface area (Å²) in [6, 6.07) is 9.45. The Morgan fingerprint density at radius 1 is 1.29 bits per heavy atom. The Labute approximate surface area is 122 Å². The second kappa shape index (κ2) is 6.49. The summed E-state index contributed by atoms with van der Waals surface area (Å²) in [5.41, 5.74) is 0.878. The average molecular weight is 308 g/mol. The van der Waals surface area contributed by atoms with E-state index in [0.717, 1.165) is 11.8 Å². The van der Waals surface area contributed by atoms with Gasteiger partial charge >= 0.3 is 0 Å². The molecule has 0 spiro atoms. The van der Waals surface area contributed by atoms with E-state index in [1.54, 1.807) is 0 Å². The number of H-pyrrole nitrogens is 1. The van der Waals surface area contributed by atoms with E-state index in [1.807, 2.05) is 30.3 Å². The van der Waals surface area contributed by atoms with Gasteiger partial charge in [0.2, 0.25) is 5.91 Å². The van der Waals surface area contributed by atoms with Crippen LogP contribution in [0.15, 0.2) is 30.3 Å². The average Bonchev–Trinajstić information content (AvgIpc) is 2.92. The molecule has 21 heavy (non-hydrogen) atoms. The number of aromatic nitrogens is 3. The maximum atomic E-state index is 11.5. The van der Waals surface area contributed by atoms with Crippen LogP contribution in [0.25, 0.3) is 11.4 Å². The number of nitrogens with one attached hydrogen (secondary N) is 2. The van der Waals surface area contributed by atoms with E-state index in [2.05, 4.69) is 20.5 Å². The fraction of sp³-hybridized carbons (Fsp3) is 0.308. The number of aromatic amines is 1. The molecule has 0 fully saturated rings. The predicted molar refractivity (Wildman–Crippen MR) is 78.0 cm³/mol. The number of carbonyl (C=O) groups excluding carboxylic acids is 1. The van der Waals surface area contributed by atoms with Crippen LogP contribution in [0.3, 0.4) is 0 Å². The van der Waals surface area contributed by atoms with Crippen LogP contribution in [-0.4, -0.2) is 41.5 Å². The molecule has 2 N–H and O–H groups in total. The summed E-state index contributed by atoms with van der Waals surface area (Å²) in [7, 11) is -3.13. The molecule has 8 heteroatoms. The Kier molecular flexibility index (Phi) is 4.69. The van der Waals surface area contributed by atoms with E-state index >= 15 is 0 Å². The first-order valence-corrected chi connectivity index (χ1v) is 8.41. The molecule has 0 aliphatic rings. The highest BCUT2D eigenvalue weighted by atomic mass is 32.2. The second-order valence-electron chi connectivity index (χ2n) is 4.63. The molecule has 1 amide bonds. The quantitative estimate of drug-likeness (QED) is 0.809. The Morgan fingerprint density at radius 3 is 2.67 bits per heavy atom. The standard InChI is InChI=1S/C13H16N4O3S/c1-21(19,20)8-7-12(18)14-9-11-15-13(17-16-11)10-5-3-2-4-6-10/h2-6H,7-9H2,1H3,(H,14,18)(H,15,16,17). The van der Waals surface area contributed by atoms with Crippen LogP contribution in [0.2, 0.25) is 0 Å². The zero-order valence-electron chi connectivity index (χ0n) is 11.5. The molecule has 0 unspecified atom stereocenters. The number of hydrogen-bond acceptors (Lipinski definition) is 5.